The number of piperidine rings is 1. The van der Waals surface area contributed by atoms with Crippen molar-refractivity contribution >= 4 is 23.1 Å². The van der Waals surface area contributed by atoms with Crippen LogP contribution in [0.2, 0.25) is 0 Å². The molecule has 0 N–H and O–H groups in total. The van der Waals surface area contributed by atoms with Gasteiger partial charge in [-0.1, -0.05) is 32.0 Å². The van der Waals surface area contributed by atoms with Crippen molar-refractivity contribution in [3.63, 3.8) is 0 Å². The second-order valence-electron chi connectivity index (χ2n) is 11.4. The summed E-state index contributed by atoms with van der Waals surface area (Å²) >= 11 is 0. The number of esters is 1. The Balaban J connectivity index is 1.44. The number of para-hydroxylation sites is 1. The lowest BCUT2D eigenvalue weighted by atomic mass is 9.79. The van der Waals surface area contributed by atoms with Gasteiger partial charge >= 0.3 is 5.97 Å². The number of ether oxygens (including phenoxy) is 1. The first kappa shape index (κ1) is 24.0. The lowest BCUT2D eigenvalue weighted by Gasteiger charge is -2.43. The Hall–Kier alpha value is -2.14. The lowest BCUT2D eigenvalue weighted by Crippen LogP contribution is -2.49. The smallest absolute Gasteiger partial charge is 0.332 e. The van der Waals surface area contributed by atoms with E-state index in [4.69, 9.17) is 4.74 Å². The standard InChI is InChI=1S/C28H40N2O3/c1-19(2)20-10-12-21(13-11-20)29-16-14-22(15-17-29)30-25-9-7-6-8-23(25)24(27(30)32)18-26(31)33-28(3,4)5/h6-9,18-22H,10-17H2,1-5H3. The van der Waals surface area contributed by atoms with E-state index in [2.05, 4.69) is 18.7 Å². The summed E-state index contributed by atoms with van der Waals surface area (Å²) in [6, 6.07) is 8.71. The molecule has 0 bridgehead atoms. The first-order chi connectivity index (χ1) is 15.6. The van der Waals surface area contributed by atoms with Gasteiger partial charge in [-0.25, -0.2) is 4.79 Å². The summed E-state index contributed by atoms with van der Waals surface area (Å²) in [5.74, 6) is 1.14. The number of fused-ring (bicyclic) bond motifs is 1. The van der Waals surface area contributed by atoms with E-state index in [-0.39, 0.29) is 11.9 Å². The summed E-state index contributed by atoms with van der Waals surface area (Å²) in [5, 5.41) is 0. The lowest BCUT2D eigenvalue weighted by molar-refractivity contribution is -0.148. The van der Waals surface area contributed by atoms with Crippen LogP contribution < -0.4 is 4.90 Å². The van der Waals surface area contributed by atoms with Gasteiger partial charge in [0.15, 0.2) is 0 Å². The first-order valence-corrected chi connectivity index (χ1v) is 12.8. The average molecular weight is 453 g/mol. The highest BCUT2D eigenvalue weighted by Crippen LogP contribution is 2.40. The van der Waals surface area contributed by atoms with Crippen LogP contribution in [0.4, 0.5) is 5.69 Å². The molecule has 1 saturated carbocycles. The maximum Gasteiger partial charge on any atom is 0.332 e. The van der Waals surface area contributed by atoms with Crippen molar-refractivity contribution in [1.29, 1.82) is 0 Å². The van der Waals surface area contributed by atoms with Crippen molar-refractivity contribution in [1.82, 2.24) is 4.90 Å². The zero-order chi connectivity index (χ0) is 23.8. The van der Waals surface area contributed by atoms with Gasteiger partial charge in [0.2, 0.25) is 0 Å². The van der Waals surface area contributed by atoms with Crippen LogP contribution in [0.1, 0.15) is 78.7 Å². The molecule has 1 aliphatic carbocycles. The second-order valence-corrected chi connectivity index (χ2v) is 11.4. The van der Waals surface area contributed by atoms with Gasteiger partial charge in [-0.2, -0.15) is 0 Å². The highest BCUT2D eigenvalue weighted by atomic mass is 16.6. The van der Waals surface area contributed by atoms with Crippen molar-refractivity contribution in [3.8, 4) is 0 Å². The number of carbonyl (C=O) groups excluding carboxylic acids is 2. The highest BCUT2D eigenvalue weighted by molar-refractivity contribution is 6.34. The van der Waals surface area contributed by atoms with Crippen LogP contribution in [0.3, 0.4) is 0 Å². The Morgan fingerprint density at radius 1 is 1.00 bits per heavy atom. The van der Waals surface area contributed by atoms with Crippen LogP contribution in [0.25, 0.3) is 5.57 Å². The van der Waals surface area contributed by atoms with E-state index in [9.17, 15) is 9.59 Å². The number of amides is 1. The fraction of sp³-hybridized carbons (Fsp3) is 0.643. The van der Waals surface area contributed by atoms with Gasteiger partial charge < -0.3 is 14.5 Å². The number of likely N-dealkylation sites (tertiary alicyclic amines) is 1. The Morgan fingerprint density at radius 3 is 2.24 bits per heavy atom. The Morgan fingerprint density at radius 2 is 1.64 bits per heavy atom. The summed E-state index contributed by atoms with van der Waals surface area (Å²) < 4.78 is 5.45. The number of benzene rings is 1. The molecule has 1 saturated heterocycles. The molecular weight excluding hydrogens is 412 g/mol. The van der Waals surface area contributed by atoms with Crippen LogP contribution in [0.5, 0.6) is 0 Å². The summed E-state index contributed by atoms with van der Waals surface area (Å²) in [6.07, 6.45) is 8.64. The van der Waals surface area contributed by atoms with E-state index in [1.165, 1.54) is 31.8 Å². The minimum absolute atomic E-state index is 0.0713. The molecule has 0 spiro atoms. The predicted octanol–water partition coefficient (Wildman–Crippen LogP) is 5.44. The van der Waals surface area contributed by atoms with Gasteiger partial charge in [0.05, 0.1) is 11.3 Å². The molecule has 5 heteroatoms. The SMILES string of the molecule is CC(C)C1CCC(N2CCC(N3C(=O)C(=CC(=O)OC(C)(C)C)c4ccccc43)CC2)CC1. The molecule has 5 nitrogen and oxygen atoms in total. The monoisotopic (exact) mass is 452 g/mol. The number of carbonyl (C=O) groups is 2. The number of nitrogens with zero attached hydrogens (tertiary/aromatic N) is 2. The first-order valence-electron chi connectivity index (χ1n) is 12.8. The number of hydrogen-bond acceptors (Lipinski definition) is 4. The van der Waals surface area contributed by atoms with Crippen molar-refractivity contribution in [2.24, 2.45) is 11.8 Å². The van der Waals surface area contributed by atoms with E-state index >= 15 is 0 Å². The third-order valence-corrected chi connectivity index (χ3v) is 7.64. The van der Waals surface area contributed by atoms with Gasteiger partial charge in [-0.05, 0) is 77.2 Å². The molecule has 1 aromatic carbocycles. The summed E-state index contributed by atoms with van der Waals surface area (Å²) in [4.78, 5) is 30.5. The molecule has 1 aromatic rings. The molecule has 4 rings (SSSR count). The van der Waals surface area contributed by atoms with Crippen LogP contribution in [0, 0.1) is 11.8 Å². The van der Waals surface area contributed by atoms with Crippen LogP contribution in [-0.4, -0.2) is 47.6 Å². The third-order valence-electron chi connectivity index (χ3n) is 7.64. The van der Waals surface area contributed by atoms with Crippen molar-refractivity contribution in [3.05, 3.63) is 35.9 Å². The van der Waals surface area contributed by atoms with Crippen molar-refractivity contribution in [2.45, 2.75) is 90.8 Å². The predicted molar refractivity (Wildman–Crippen MR) is 133 cm³/mol. The van der Waals surface area contributed by atoms with Gasteiger partial charge in [0, 0.05) is 36.8 Å². The molecule has 2 heterocycles. The zero-order valence-electron chi connectivity index (χ0n) is 21.0. The van der Waals surface area contributed by atoms with Gasteiger partial charge in [-0.15, -0.1) is 0 Å². The molecule has 2 aliphatic heterocycles. The zero-order valence-corrected chi connectivity index (χ0v) is 21.0. The van der Waals surface area contributed by atoms with Crippen LogP contribution in [-0.2, 0) is 14.3 Å². The van der Waals surface area contributed by atoms with E-state index < -0.39 is 11.6 Å². The fourth-order valence-electron chi connectivity index (χ4n) is 5.86. The summed E-state index contributed by atoms with van der Waals surface area (Å²) in [6.45, 7) is 12.3. The molecule has 0 atom stereocenters. The molecule has 0 radical (unpaired) electrons. The molecule has 180 valence electrons. The highest BCUT2D eigenvalue weighted by Gasteiger charge is 2.39. The fourth-order valence-corrected chi connectivity index (χ4v) is 5.86. The maximum absolute atomic E-state index is 13.5. The normalized spacial score (nSPS) is 26.2. The van der Waals surface area contributed by atoms with Crippen LogP contribution >= 0.6 is 0 Å². The topological polar surface area (TPSA) is 49.9 Å². The number of rotatable bonds is 4. The van der Waals surface area contributed by atoms with E-state index in [1.807, 2.05) is 49.9 Å². The van der Waals surface area contributed by atoms with Gasteiger partial charge in [-0.3, -0.25) is 4.79 Å². The molecule has 3 aliphatic rings. The number of anilines is 1. The quantitative estimate of drug-likeness (QED) is 0.451. The molecule has 33 heavy (non-hydrogen) atoms. The Bertz CT molecular complexity index is 898. The second kappa shape index (κ2) is 9.61. The molecule has 0 unspecified atom stereocenters. The number of hydrogen-bond donors (Lipinski definition) is 0. The summed E-state index contributed by atoms with van der Waals surface area (Å²) in [5.41, 5.74) is 1.63. The molecule has 0 aromatic heterocycles. The molecule has 2 fully saturated rings. The molecular formula is C28H40N2O3. The third kappa shape index (κ3) is 5.34. The molecule has 1 amide bonds. The maximum atomic E-state index is 13.5. The van der Waals surface area contributed by atoms with E-state index in [1.54, 1.807) is 0 Å². The average Bonchev–Trinajstić information content (AvgIpc) is 3.04. The largest absolute Gasteiger partial charge is 0.457 e. The van der Waals surface area contributed by atoms with Gasteiger partial charge in [0.1, 0.15) is 5.60 Å². The minimum Gasteiger partial charge on any atom is -0.457 e. The van der Waals surface area contributed by atoms with Crippen LogP contribution in [0.15, 0.2) is 30.3 Å². The minimum atomic E-state index is -0.587. The van der Waals surface area contributed by atoms with Crippen molar-refractivity contribution < 1.29 is 14.3 Å². The van der Waals surface area contributed by atoms with Gasteiger partial charge in [0.25, 0.3) is 5.91 Å². The Kier molecular flexibility index (Phi) is 6.99. The Labute approximate surface area is 199 Å². The van der Waals surface area contributed by atoms with E-state index in [0.717, 1.165) is 49.0 Å². The summed E-state index contributed by atoms with van der Waals surface area (Å²) in [7, 11) is 0. The van der Waals surface area contributed by atoms with E-state index in [0.29, 0.717) is 11.6 Å². The van der Waals surface area contributed by atoms with Crippen molar-refractivity contribution in [2.75, 3.05) is 18.0 Å².